The Balaban J connectivity index is 0.00000225. The summed E-state index contributed by atoms with van der Waals surface area (Å²) in [7, 11) is 0. The Labute approximate surface area is 110 Å². The maximum atomic E-state index is 8.24. The van der Waals surface area contributed by atoms with Crippen LogP contribution in [-0.4, -0.2) is 0 Å². The van der Waals surface area contributed by atoms with Crippen molar-refractivity contribution >= 4 is 0 Å². The zero-order valence-corrected chi connectivity index (χ0v) is 13.5. The Bertz CT molecular complexity index is 370. The topological polar surface area (TPSA) is 0 Å². The molecule has 84 valence electrons. The Morgan fingerprint density at radius 2 is 1.67 bits per heavy atom. The summed E-state index contributed by atoms with van der Waals surface area (Å²) in [5.41, 5.74) is 3.29. The molecule has 0 unspecified atom stereocenters. The van der Waals surface area contributed by atoms with E-state index in [1.807, 2.05) is 0 Å². The van der Waals surface area contributed by atoms with E-state index in [4.69, 9.17) is 7.95 Å². The van der Waals surface area contributed by atoms with E-state index in [-0.39, 0.29) is 31.9 Å². The normalized spacial score (nSPS) is 24.5. The molecule has 1 aliphatic carbocycles. The Kier molecular flexibility index (Phi) is 3.82. The molecule has 1 aliphatic rings. The summed E-state index contributed by atoms with van der Waals surface area (Å²) in [4.78, 5) is 0. The second-order valence-electron chi connectivity index (χ2n) is 5.21. The van der Waals surface area contributed by atoms with E-state index < -0.39 is 0 Å². The monoisotopic (exact) mass is 375 g/mol. The summed E-state index contributed by atoms with van der Waals surface area (Å²) in [6.07, 6.45) is 1.60. The second-order valence-corrected chi connectivity index (χ2v) is 5.21. The second kappa shape index (κ2) is 4.42. The van der Waals surface area contributed by atoms with Crippen molar-refractivity contribution in [2.75, 3.05) is 0 Å². The molecule has 0 amide bonds. The van der Waals surface area contributed by atoms with Gasteiger partial charge in [-0.25, -0.2) is 6.08 Å². The first-order chi connectivity index (χ1) is 6.67. The van der Waals surface area contributed by atoms with Crippen molar-refractivity contribution in [1.29, 1.82) is 0 Å². The van der Waals surface area contributed by atoms with E-state index in [1.165, 1.54) is 11.1 Å². The predicted molar refractivity (Wildman–Crippen MR) is 62.9 cm³/mol. The molecule has 0 aromatic heterocycles. The van der Waals surface area contributed by atoms with Crippen LogP contribution in [0.4, 0.5) is 0 Å². The SMILES string of the molecule is [3H]C1=C(C=[CH-])C(C)(C)C(C)=C(C)C1(C)C.[W]. The molecule has 0 spiro atoms. The first-order valence-electron chi connectivity index (χ1n) is 5.62. The summed E-state index contributed by atoms with van der Waals surface area (Å²) in [6, 6.07) is 0.651. The standard InChI is InChI=1S/C14H21.W/c1-8-12-9-13(4,5)10(2)11(3)14(12,6)7;/h1,8-9H,2-7H3;/q-1;/i9T;. The van der Waals surface area contributed by atoms with Gasteiger partial charge in [0.15, 0.2) is 0 Å². The van der Waals surface area contributed by atoms with Gasteiger partial charge in [0.25, 0.3) is 0 Å². The molecule has 0 heterocycles. The molecule has 0 fully saturated rings. The molecule has 0 atom stereocenters. The number of allylic oxidation sites excluding steroid dienone is 5. The summed E-state index contributed by atoms with van der Waals surface area (Å²) >= 11 is 0. The minimum atomic E-state index is -0.190. The summed E-state index contributed by atoms with van der Waals surface area (Å²) in [6.45, 7) is 18.4. The van der Waals surface area contributed by atoms with Crippen molar-refractivity contribution in [3.63, 3.8) is 0 Å². The maximum absolute atomic E-state index is 8.24. The third-order valence-corrected chi connectivity index (χ3v) is 3.72. The minimum absolute atomic E-state index is 0. The van der Waals surface area contributed by atoms with E-state index in [1.54, 1.807) is 6.08 Å². The largest absolute Gasteiger partial charge is 0.293 e. The minimum Gasteiger partial charge on any atom is -0.293 e. The molecule has 0 aliphatic heterocycles. The fourth-order valence-corrected chi connectivity index (χ4v) is 1.98. The van der Waals surface area contributed by atoms with Crippen LogP contribution in [0.2, 0.25) is 0 Å². The molecule has 0 N–H and O–H groups in total. The molecular formula is C14H21W-. The third kappa shape index (κ3) is 2.36. The van der Waals surface area contributed by atoms with Crippen molar-refractivity contribution in [3.05, 3.63) is 35.4 Å². The molecule has 0 saturated heterocycles. The molecule has 1 heteroatoms. The zero-order valence-electron chi connectivity index (χ0n) is 11.6. The summed E-state index contributed by atoms with van der Waals surface area (Å²) < 4.78 is 8.24. The van der Waals surface area contributed by atoms with Gasteiger partial charge in [-0.2, -0.15) is 11.6 Å². The molecule has 1 rings (SSSR count). The first-order valence-corrected chi connectivity index (χ1v) is 5.12. The van der Waals surface area contributed by atoms with Crippen LogP contribution >= 0.6 is 0 Å². The van der Waals surface area contributed by atoms with Gasteiger partial charge in [0.1, 0.15) is 0 Å². The Morgan fingerprint density at radius 3 is 2.07 bits per heavy atom. The predicted octanol–water partition coefficient (Wildman–Crippen LogP) is 4.30. The van der Waals surface area contributed by atoms with Gasteiger partial charge >= 0.3 is 0 Å². The zero-order chi connectivity index (χ0) is 12.0. The van der Waals surface area contributed by atoms with Gasteiger partial charge in [0, 0.05) is 22.4 Å². The molecule has 0 saturated carbocycles. The van der Waals surface area contributed by atoms with Crippen LogP contribution in [0.1, 0.15) is 42.9 Å². The number of hydrogen-bond acceptors (Lipinski definition) is 0. The molecule has 0 nitrogen and oxygen atoms in total. The van der Waals surface area contributed by atoms with E-state index in [2.05, 4.69) is 41.5 Å². The smallest absolute Gasteiger partial charge is 0.0378 e. The molecule has 15 heavy (non-hydrogen) atoms. The van der Waals surface area contributed by atoms with Gasteiger partial charge in [-0.15, -0.1) is 0 Å². The third-order valence-electron chi connectivity index (χ3n) is 3.72. The average molecular weight is 375 g/mol. The quantitative estimate of drug-likeness (QED) is 0.474. The Hall–Kier alpha value is -0.0917. The van der Waals surface area contributed by atoms with Crippen molar-refractivity contribution < 1.29 is 22.4 Å². The van der Waals surface area contributed by atoms with Crippen molar-refractivity contribution in [2.45, 2.75) is 41.5 Å². The Morgan fingerprint density at radius 1 is 1.20 bits per heavy atom. The molecule has 0 radical (unpaired) electrons. The van der Waals surface area contributed by atoms with Crippen LogP contribution in [0.15, 0.2) is 28.8 Å². The molecule has 0 bridgehead atoms. The van der Waals surface area contributed by atoms with Gasteiger partial charge < -0.3 is 0 Å². The van der Waals surface area contributed by atoms with Gasteiger partial charge in [0.05, 0.1) is 0 Å². The van der Waals surface area contributed by atoms with Crippen LogP contribution in [0, 0.1) is 17.4 Å². The summed E-state index contributed by atoms with van der Waals surface area (Å²) in [5, 5.41) is 0. The first kappa shape index (κ1) is 13.0. The van der Waals surface area contributed by atoms with E-state index >= 15 is 0 Å². The van der Waals surface area contributed by atoms with Gasteiger partial charge in [-0.05, 0) is 19.3 Å². The number of hydrogen-bond donors (Lipinski definition) is 0. The van der Waals surface area contributed by atoms with Crippen molar-refractivity contribution in [2.24, 2.45) is 10.8 Å². The van der Waals surface area contributed by atoms with E-state index in [0.717, 1.165) is 5.57 Å². The molecular weight excluding hydrogens is 352 g/mol. The van der Waals surface area contributed by atoms with Crippen LogP contribution in [0.5, 0.6) is 0 Å². The number of rotatable bonds is 1. The van der Waals surface area contributed by atoms with E-state index in [9.17, 15) is 0 Å². The van der Waals surface area contributed by atoms with Crippen molar-refractivity contribution in [1.82, 2.24) is 0 Å². The van der Waals surface area contributed by atoms with Crippen LogP contribution in [-0.2, 0) is 21.1 Å². The molecule has 0 aromatic carbocycles. The van der Waals surface area contributed by atoms with Gasteiger partial charge in [0.2, 0.25) is 0 Å². The average Bonchev–Trinajstić information content (AvgIpc) is 2.14. The van der Waals surface area contributed by atoms with Crippen LogP contribution in [0.25, 0.3) is 0 Å². The van der Waals surface area contributed by atoms with Crippen molar-refractivity contribution in [3.8, 4) is 0 Å². The van der Waals surface area contributed by atoms with Crippen LogP contribution in [0.3, 0.4) is 0 Å². The van der Waals surface area contributed by atoms with E-state index in [0.29, 0.717) is 6.05 Å². The summed E-state index contributed by atoms with van der Waals surface area (Å²) in [5.74, 6) is 0. The van der Waals surface area contributed by atoms with Gasteiger partial charge in [-0.3, -0.25) is 6.58 Å². The van der Waals surface area contributed by atoms with Gasteiger partial charge in [-0.1, -0.05) is 44.3 Å². The van der Waals surface area contributed by atoms with Crippen LogP contribution < -0.4 is 0 Å². The maximum Gasteiger partial charge on any atom is 0.0378 e. The fraction of sp³-hybridized carbons (Fsp3) is 0.571. The molecule has 0 aromatic rings. The fourth-order valence-electron chi connectivity index (χ4n) is 1.98.